The summed E-state index contributed by atoms with van der Waals surface area (Å²) >= 11 is 0. The summed E-state index contributed by atoms with van der Waals surface area (Å²) in [5, 5.41) is 5.73. The molecule has 8 heteroatoms. The molecule has 1 saturated heterocycles. The van der Waals surface area contributed by atoms with Crippen molar-refractivity contribution in [1.82, 2.24) is 24.6 Å². The van der Waals surface area contributed by atoms with Crippen molar-refractivity contribution in [3.63, 3.8) is 0 Å². The fourth-order valence-corrected chi connectivity index (χ4v) is 3.08. The Kier molecular flexibility index (Phi) is 5.15. The number of hydrogen-bond donors (Lipinski definition) is 0. The Morgan fingerprint density at radius 1 is 1.38 bits per heavy atom. The fraction of sp³-hybridized carbons (Fsp3) is 0.688. The van der Waals surface area contributed by atoms with Crippen molar-refractivity contribution in [2.45, 2.75) is 31.8 Å². The molecule has 0 unspecified atom stereocenters. The molecular formula is C16H25N5O3. The molecule has 1 aromatic rings. The van der Waals surface area contributed by atoms with Gasteiger partial charge in [0.1, 0.15) is 0 Å². The summed E-state index contributed by atoms with van der Waals surface area (Å²) in [6, 6.07) is 1.35. The standard InChI is InChI=1S/C16H25N5O3/c1-18(2)9-6-15(22)19-11-13-5-7-17-21(13)14(12-19)16(23)20-8-3-4-10-24-20/h5,7,14H,3-4,6,8-12H2,1-2H3/t14-/m1/s1. The van der Waals surface area contributed by atoms with Crippen LogP contribution < -0.4 is 0 Å². The van der Waals surface area contributed by atoms with Crippen LogP contribution in [0.1, 0.15) is 31.0 Å². The topological polar surface area (TPSA) is 70.9 Å². The van der Waals surface area contributed by atoms with Crippen LogP contribution in [0.2, 0.25) is 0 Å². The number of carbonyl (C=O) groups excluding carboxylic acids is 2. The number of nitrogens with zero attached hydrogens (tertiary/aromatic N) is 5. The summed E-state index contributed by atoms with van der Waals surface area (Å²) in [5.41, 5.74) is 0.884. The van der Waals surface area contributed by atoms with E-state index in [1.165, 1.54) is 5.06 Å². The molecule has 2 aliphatic rings. The molecular weight excluding hydrogens is 310 g/mol. The van der Waals surface area contributed by atoms with E-state index in [0.29, 0.717) is 39.2 Å². The van der Waals surface area contributed by atoms with Crippen molar-refractivity contribution in [1.29, 1.82) is 0 Å². The van der Waals surface area contributed by atoms with Crippen molar-refractivity contribution >= 4 is 11.8 Å². The number of fused-ring (bicyclic) bond motifs is 1. The normalized spacial score (nSPS) is 21.0. The van der Waals surface area contributed by atoms with Crippen LogP contribution >= 0.6 is 0 Å². The molecule has 0 bridgehead atoms. The molecule has 3 rings (SSSR count). The van der Waals surface area contributed by atoms with Gasteiger partial charge < -0.3 is 9.80 Å². The van der Waals surface area contributed by atoms with E-state index in [2.05, 4.69) is 5.10 Å². The molecule has 0 radical (unpaired) electrons. The molecule has 3 heterocycles. The van der Waals surface area contributed by atoms with Crippen LogP contribution in [-0.2, 0) is 21.0 Å². The van der Waals surface area contributed by atoms with E-state index >= 15 is 0 Å². The molecule has 1 fully saturated rings. The molecule has 0 aromatic carbocycles. The molecule has 2 amide bonds. The number of aromatic nitrogens is 2. The summed E-state index contributed by atoms with van der Waals surface area (Å²) in [5.74, 6) is -0.0572. The zero-order valence-electron chi connectivity index (χ0n) is 14.3. The van der Waals surface area contributed by atoms with Gasteiger partial charge in [0.05, 0.1) is 25.4 Å². The Labute approximate surface area is 141 Å². The van der Waals surface area contributed by atoms with E-state index in [0.717, 1.165) is 18.5 Å². The minimum absolute atomic E-state index is 0.0634. The van der Waals surface area contributed by atoms with Crippen LogP contribution in [0, 0.1) is 0 Å². The van der Waals surface area contributed by atoms with E-state index in [1.54, 1.807) is 15.8 Å². The Morgan fingerprint density at radius 3 is 2.92 bits per heavy atom. The lowest BCUT2D eigenvalue weighted by molar-refractivity contribution is -0.201. The highest BCUT2D eigenvalue weighted by atomic mass is 16.7. The molecule has 0 saturated carbocycles. The third-order valence-electron chi connectivity index (χ3n) is 4.45. The quantitative estimate of drug-likeness (QED) is 0.790. The van der Waals surface area contributed by atoms with Gasteiger partial charge in [-0.05, 0) is 33.0 Å². The molecule has 0 N–H and O–H groups in total. The molecule has 132 valence electrons. The zero-order chi connectivity index (χ0) is 17.1. The number of hydroxylamine groups is 2. The zero-order valence-corrected chi connectivity index (χ0v) is 14.3. The molecule has 1 aromatic heterocycles. The first kappa shape index (κ1) is 16.9. The number of carbonyl (C=O) groups is 2. The Hall–Kier alpha value is -1.93. The van der Waals surface area contributed by atoms with E-state index in [-0.39, 0.29) is 11.8 Å². The lowest BCUT2D eigenvalue weighted by atomic mass is 10.1. The highest BCUT2D eigenvalue weighted by Gasteiger charge is 2.36. The van der Waals surface area contributed by atoms with Gasteiger partial charge in [-0.15, -0.1) is 0 Å². The predicted molar refractivity (Wildman–Crippen MR) is 86.8 cm³/mol. The van der Waals surface area contributed by atoms with Crippen LogP contribution in [0.4, 0.5) is 0 Å². The summed E-state index contributed by atoms with van der Waals surface area (Å²) in [4.78, 5) is 34.6. The molecule has 0 aliphatic carbocycles. The van der Waals surface area contributed by atoms with Crippen molar-refractivity contribution in [2.24, 2.45) is 0 Å². The Morgan fingerprint density at radius 2 is 2.21 bits per heavy atom. The maximum absolute atomic E-state index is 12.8. The van der Waals surface area contributed by atoms with Gasteiger partial charge in [0, 0.05) is 25.7 Å². The average molecular weight is 335 g/mol. The smallest absolute Gasteiger partial charge is 0.272 e. The van der Waals surface area contributed by atoms with Crippen molar-refractivity contribution in [3.05, 3.63) is 18.0 Å². The second-order valence-corrected chi connectivity index (χ2v) is 6.59. The first-order valence-electron chi connectivity index (χ1n) is 8.45. The van der Waals surface area contributed by atoms with E-state index < -0.39 is 6.04 Å². The van der Waals surface area contributed by atoms with Gasteiger partial charge in [-0.25, -0.2) is 5.06 Å². The van der Waals surface area contributed by atoms with Gasteiger partial charge in [0.2, 0.25) is 5.91 Å². The van der Waals surface area contributed by atoms with Gasteiger partial charge in [-0.1, -0.05) is 0 Å². The Bertz CT molecular complexity index is 594. The first-order valence-corrected chi connectivity index (χ1v) is 8.45. The van der Waals surface area contributed by atoms with Crippen molar-refractivity contribution < 1.29 is 14.4 Å². The number of rotatable bonds is 4. The van der Waals surface area contributed by atoms with E-state index in [1.807, 2.05) is 25.1 Å². The number of amides is 2. The molecule has 24 heavy (non-hydrogen) atoms. The van der Waals surface area contributed by atoms with Crippen LogP contribution in [0.15, 0.2) is 12.3 Å². The molecule has 0 spiro atoms. The summed E-state index contributed by atoms with van der Waals surface area (Å²) in [6.07, 6.45) is 4.04. The molecule has 8 nitrogen and oxygen atoms in total. The van der Waals surface area contributed by atoms with Gasteiger partial charge in [-0.2, -0.15) is 5.10 Å². The van der Waals surface area contributed by atoms with Crippen molar-refractivity contribution in [2.75, 3.05) is 40.3 Å². The maximum atomic E-state index is 12.8. The maximum Gasteiger partial charge on any atom is 0.272 e. The second kappa shape index (κ2) is 7.31. The van der Waals surface area contributed by atoms with Crippen LogP contribution in [-0.4, -0.2) is 76.8 Å². The lowest BCUT2D eigenvalue weighted by Crippen LogP contribution is -2.49. The van der Waals surface area contributed by atoms with Crippen LogP contribution in [0.3, 0.4) is 0 Å². The summed E-state index contributed by atoms with van der Waals surface area (Å²) in [6.45, 7) is 2.70. The third kappa shape index (κ3) is 3.59. The summed E-state index contributed by atoms with van der Waals surface area (Å²) in [7, 11) is 3.89. The monoisotopic (exact) mass is 335 g/mol. The van der Waals surface area contributed by atoms with Gasteiger partial charge in [0.25, 0.3) is 5.91 Å². The fourth-order valence-electron chi connectivity index (χ4n) is 3.08. The first-order chi connectivity index (χ1) is 11.6. The van der Waals surface area contributed by atoms with Gasteiger partial charge >= 0.3 is 0 Å². The van der Waals surface area contributed by atoms with Crippen molar-refractivity contribution in [3.8, 4) is 0 Å². The largest absolute Gasteiger partial charge is 0.334 e. The SMILES string of the molecule is CN(C)CCC(=O)N1Cc2ccnn2[C@@H](C(=O)N2CCCCO2)C1. The van der Waals surface area contributed by atoms with E-state index in [4.69, 9.17) is 4.84 Å². The second-order valence-electron chi connectivity index (χ2n) is 6.59. The Balaban J connectivity index is 1.73. The van der Waals surface area contributed by atoms with Gasteiger partial charge in [0.15, 0.2) is 6.04 Å². The van der Waals surface area contributed by atoms with Gasteiger partial charge in [-0.3, -0.25) is 19.1 Å². The van der Waals surface area contributed by atoms with Crippen LogP contribution in [0.25, 0.3) is 0 Å². The highest BCUT2D eigenvalue weighted by Crippen LogP contribution is 2.24. The summed E-state index contributed by atoms with van der Waals surface area (Å²) < 4.78 is 1.73. The third-order valence-corrected chi connectivity index (χ3v) is 4.45. The van der Waals surface area contributed by atoms with Crippen LogP contribution in [0.5, 0.6) is 0 Å². The number of hydrogen-bond acceptors (Lipinski definition) is 5. The molecule has 1 atom stereocenters. The molecule has 2 aliphatic heterocycles. The predicted octanol–water partition coefficient (Wildman–Crippen LogP) is 0.272. The minimum Gasteiger partial charge on any atom is -0.334 e. The highest BCUT2D eigenvalue weighted by molar-refractivity contribution is 5.82. The van der Waals surface area contributed by atoms with E-state index in [9.17, 15) is 9.59 Å². The minimum atomic E-state index is -0.509. The lowest BCUT2D eigenvalue weighted by Gasteiger charge is -2.36. The average Bonchev–Trinajstić information content (AvgIpc) is 3.07.